The molecule has 2 rings (SSSR count). The summed E-state index contributed by atoms with van der Waals surface area (Å²) in [4.78, 5) is -0.327. The highest BCUT2D eigenvalue weighted by molar-refractivity contribution is 7.91. The maximum Gasteiger partial charge on any atom is 0.214 e. The van der Waals surface area contributed by atoms with E-state index in [1.165, 1.54) is 6.07 Å². The number of phenolic OH excluding ortho intramolecular Hbond substituents is 2. The number of aryl methyl sites for hydroxylation is 4. The van der Waals surface area contributed by atoms with Crippen molar-refractivity contribution in [2.24, 2.45) is 0 Å². The Morgan fingerprint density at radius 1 is 0.810 bits per heavy atom. The summed E-state index contributed by atoms with van der Waals surface area (Å²) < 4.78 is 25.7. The van der Waals surface area contributed by atoms with E-state index < -0.39 is 9.84 Å². The van der Waals surface area contributed by atoms with Gasteiger partial charge in [0, 0.05) is 0 Å². The first-order valence-electron chi connectivity index (χ1n) is 6.50. The molecule has 0 bridgehead atoms. The Labute approximate surface area is 124 Å². The number of sulfone groups is 1. The van der Waals surface area contributed by atoms with Crippen LogP contribution in [0.4, 0.5) is 0 Å². The maximum absolute atomic E-state index is 12.8. The fraction of sp³-hybridized carbons (Fsp3) is 0.250. The third-order valence-corrected chi connectivity index (χ3v) is 5.44. The third kappa shape index (κ3) is 2.49. The van der Waals surface area contributed by atoms with Crippen LogP contribution in [0.15, 0.2) is 34.1 Å². The summed E-state index contributed by atoms with van der Waals surface area (Å²) in [5.41, 5.74) is 2.13. The molecule has 112 valence electrons. The summed E-state index contributed by atoms with van der Waals surface area (Å²) in [7, 11) is -4.00. The van der Waals surface area contributed by atoms with Gasteiger partial charge >= 0.3 is 0 Å². The van der Waals surface area contributed by atoms with Crippen LogP contribution >= 0.6 is 0 Å². The Hall–Kier alpha value is -2.01. The lowest BCUT2D eigenvalue weighted by atomic mass is 10.1. The van der Waals surface area contributed by atoms with Crippen LogP contribution in [0.25, 0.3) is 0 Å². The molecule has 5 heteroatoms. The van der Waals surface area contributed by atoms with E-state index in [1.807, 2.05) is 0 Å². The van der Waals surface area contributed by atoms with E-state index in [1.54, 1.807) is 45.9 Å². The van der Waals surface area contributed by atoms with Gasteiger partial charge in [0.05, 0.1) is 0 Å². The van der Waals surface area contributed by atoms with Crippen molar-refractivity contribution in [2.75, 3.05) is 0 Å². The summed E-state index contributed by atoms with van der Waals surface area (Å²) in [6, 6.07) is 6.42. The molecule has 0 aliphatic rings. The van der Waals surface area contributed by atoms with Crippen LogP contribution < -0.4 is 0 Å². The largest absolute Gasteiger partial charge is 0.506 e. The molecule has 0 unspecified atom stereocenters. The molecule has 0 atom stereocenters. The Morgan fingerprint density at radius 2 is 1.38 bits per heavy atom. The molecule has 21 heavy (non-hydrogen) atoms. The molecule has 4 nitrogen and oxygen atoms in total. The van der Waals surface area contributed by atoms with Crippen LogP contribution in [0.3, 0.4) is 0 Å². The highest BCUT2D eigenvalue weighted by Gasteiger charge is 2.28. The van der Waals surface area contributed by atoms with Crippen LogP contribution in [0.2, 0.25) is 0 Å². The highest BCUT2D eigenvalue weighted by Crippen LogP contribution is 2.38. The molecule has 0 aliphatic heterocycles. The summed E-state index contributed by atoms with van der Waals surface area (Å²) >= 11 is 0. The number of hydrogen-bond donors (Lipinski definition) is 2. The summed E-state index contributed by atoms with van der Waals surface area (Å²) in [6.07, 6.45) is 0. The van der Waals surface area contributed by atoms with Gasteiger partial charge in [-0.25, -0.2) is 8.42 Å². The standard InChI is InChI=1S/C16H18O4S/c1-9-7-12(4)14(17)13(8-9)21(19,20)16-11(3)6-5-10(2)15(16)18/h5-8,17-18H,1-4H3. The molecule has 0 amide bonds. The van der Waals surface area contributed by atoms with Crippen molar-refractivity contribution in [1.29, 1.82) is 0 Å². The Morgan fingerprint density at radius 3 is 2.00 bits per heavy atom. The molecule has 0 heterocycles. The zero-order valence-corrected chi connectivity index (χ0v) is 13.2. The minimum atomic E-state index is -4.00. The van der Waals surface area contributed by atoms with Crippen LogP contribution in [-0.4, -0.2) is 18.6 Å². The fourth-order valence-electron chi connectivity index (χ4n) is 2.35. The highest BCUT2D eigenvalue weighted by atomic mass is 32.2. The van der Waals surface area contributed by atoms with Gasteiger partial charge in [0.1, 0.15) is 21.3 Å². The lowest BCUT2D eigenvalue weighted by Crippen LogP contribution is -2.07. The van der Waals surface area contributed by atoms with E-state index in [4.69, 9.17) is 0 Å². The smallest absolute Gasteiger partial charge is 0.214 e. The van der Waals surface area contributed by atoms with Gasteiger partial charge in [0.15, 0.2) is 0 Å². The Kier molecular flexibility index (Phi) is 3.72. The van der Waals surface area contributed by atoms with E-state index in [-0.39, 0.29) is 21.3 Å². The number of aromatic hydroxyl groups is 2. The van der Waals surface area contributed by atoms with Crippen molar-refractivity contribution < 1.29 is 18.6 Å². The first kappa shape index (κ1) is 15.4. The van der Waals surface area contributed by atoms with E-state index in [0.29, 0.717) is 16.7 Å². The lowest BCUT2D eigenvalue weighted by Gasteiger charge is -2.14. The van der Waals surface area contributed by atoms with E-state index in [2.05, 4.69) is 0 Å². The summed E-state index contributed by atoms with van der Waals surface area (Å²) in [5.74, 6) is -0.547. The third-order valence-electron chi connectivity index (χ3n) is 3.50. The minimum absolute atomic E-state index is 0.150. The van der Waals surface area contributed by atoms with Crippen molar-refractivity contribution in [2.45, 2.75) is 37.5 Å². The molecule has 0 spiro atoms. The van der Waals surface area contributed by atoms with Gasteiger partial charge < -0.3 is 10.2 Å². The molecular weight excluding hydrogens is 288 g/mol. The van der Waals surface area contributed by atoms with Gasteiger partial charge in [0.2, 0.25) is 9.84 Å². The van der Waals surface area contributed by atoms with Crippen LogP contribution in [0, 0.1) is 27.7 Å². The van der Waals surface area contributed by atoms with E-state index in [0.717, 1.165) is 5.56 Å². The first-order valence-corrected chi connectivity index (χ1v) is 7.99. The molecule has 2 aromatic carbocycles. The molecule has 0 aromatic heterocycles. The summed E-state index contributed by atoms with van der Waals surface area (Å²) in [5, 5.41) is 20.3. The van der Waals surface area contributed by atoms with Crippen molar-refractivity contribution in [3.8, 4) is 11.5 Å². The molecule has 0 saturated carbocycles. The maximum atomic E-state index is 12.8. The van der Waals surface area contributed by atoms with Gasteiger partial charge in [-0.05, 0) is 56.0 Å². The van der Waals surface area contributed by atoms with Crippen LogP contribution in [0.1, 0.15) is 22.3 Å². The van der Waals surface area contributed by atoms with Gasteiger partial charge in [0.25, 0.3) is 0 Å². The van der Waals surface area contributed by atoms with Crippen molar-refractivity contribution in [1.82, 2.24) is 0 Å². The average Bonchev–Trinajstić information content (AvgIpc) is 2.38. The molecule has 0 saturated heterocycles. The van der Waals surface area contributed by atoms with E-state index in [9.17, 15) is 18.6 Å². The van der Waals surface area contributed by atoms with Crippen LogP contribution in [0.5, 0.6) is 11.5 Å². The van der Waals surface area contributed by atoms with Crippen molar-refractivity contribution in [3.63, 3.8) is 0 Å². The van der Waals surface area contributed by atoms with Gasteiger partial charge in [-0.2, -0.15) is 0 Å². The number of rotatable bonds is 2. The Balaban J connectivity index is 2.84. The second-order valence-electron chi connectivity index (χ2n) is 5.31. The topological polar surface area (TPSA) is 74.6 Å². The molecule has 0 aliphatic carbocycles. The average molecular weight is 306 g/mol. The number of benzene rings is 2. The number of phenols is 2. The quantitative estimate of drug-likeness (QED) is 0.893. The fourth-order valence-corrected chi connectivity index (χ4v) is 4.23. The van der Waals surface area contributed by atoms with Crippen LogP contribution in [-0.2, 0) is 9.84 Å². The zero-order valence-electron chi connectivity index (χ0n) is 12.4. The normalized spacial score (nSPS) is 11.6. The summed E-state index contributed by atoms with van der Waals surface area (Å²) in [6.45, 7) is 6.65. The van der Waals surface area contributed by atoms with Gasteiger partial charge in [-0.3, -0.25) is 0 Å². The predicted molar refractivity (Wildman–Crippen MR) is 80.6 cm³/mol. The van der Waals surface area contributed by atoms with Gasteiger partial charge in [-0.15, -0.1) is 0 Å². The predicted octanol–water partition coefficient (Wildman–Crippen LogP) is 3.16. The SMILES string of the molecule is Cc1cc(C)c(O)c(S(=O)(=O)c2c(C)ccc(C)c2O)c1. The van der Waals surface area contributed by atoms with E-state index >= 15 is 0 Å². The molecular formula is C16H18O4S. The second kappa shape index (κ2) is 5.07. The second-order valence-corrected chi connectivity index (χ2v) is 7.16. The molecule has 0 fully saturated rings. The van der Waals surface area contributed by atoms with Crippen molar-refractivity contribution >= 4 is 9.84 Å². The molecule has 2 N–H and O–H groups in total. The number of hydrogen-bond acceptors (Lipinski definition) is 4. The monoisotopic (exact) mass is 306 g/mol. The Bertz CT molecular complexity index is 821. The first-order chi connectivity index (χ1) is 9.66. The zero-order chi connectivity index (χ0) is 15.9. The van der Waals surface area contributed by atoms with Crippen molar-refractivity contribution in [3.05, 3.63) is 46.5 Å². The minimum Gasteiger partial charge on any atom is -0.506 e. The molecule has 0 radical (unpaired) electrons. The molecule has 2 aromatic rings. The van der Waals surface area contributed by atoms with Gasteiger partial charge in [-0.1, -0.05) is 18.2 Å². The lowest BCUT2D eigenvalue weighted by molar-refractivity contribution is 0.447.